The summed E-state index contributed by atoms with van der Waals surface area (Å²) < 4.78 is 0. The van der Waals surface area contributed by atoms with Crippen LogP contribution in [0.25, 0.3) is 0 Å². The highest BCUT2D eigenvalue weighted by atomic mass is 35.5. The monoisotopic (exact) mass is 159 g/mol. The summed E-state index contributed by atoms with van der Waals surface area (Å²) in [4.78, 5) is 16.2. The summed E-state index contributed by atoms with van der Waals surface area (Å²) in [5.74, 6) is -0.292. The van der Waals surface area contributed by atoms with E-state index in [0.717, 1.165) is 12.4 Å². The molecule has 0 atom stereocenters. The highest BCUT2D eigenvalue weighted by Crippen LogP contribution is 2.09. The molecular weight excluding hydrogens is 158 g/mol. The molecule has 0 spiro atoms. The number of halogens is 1. The van der Waals surface area contributed by atoms with Crippen LogP contribution in [0, 0.1) is 10.1 Å². The Morgan fingerprint density at radius 3 is 2.70 bits per heavy atom. The van der Waals surface area contributed by atoms with Crippen LogP contribution in [-0.2, 0) is 0 Å². The molecule has 1 rings (SSSR count). The first-order valence-corrected chi connectivity index (χ1v) is 2.70. The minimum atomic E-state index is -0.631. The largest absolute Gasteiger partial charge is 0.368 e. The standard InChI is InChI=1S/C4H2ClN3O2/c5-3-1-4(8(9)10)7-2-6-3/h1-2H. The van der Waals surface area contributed by atoms with Crippen LogP contribution in [0.15, 0.2) is 12.4 Å². The molecule has 0 amide bonds. The molecule has 0 aromatic carbocycles. The Hall–Kier alpha value is -1.23. The Morgan fingerprint density at radius 1 is 1.60 bits per heavy atom. The van der Waals surface area contributed by atoms with Crippen LogP contribution in [-0.4, -0.2) is 14.9 Å². The fourth-order valence-corrected chi connectivity index (χ4v) is 0.565. The summed E-state index contributed by atoms with van der Waals surface area (Å²) in [5, 5.41) is 10.1. The normalized spacial score (nSPS) is 9.30. The number of rotatable bonds is 1. The summed E-state index contributed by atoms with van der Waals surface area (Å²) in [6, 6.07) is 1.08. The zero-order chi connectivity index (χ0) is 7.56. The van der Waals surface area contributed by atoms with Crippen molar-refractivity contribution in [3.05, 3.63) is 27.7 Å². The molecular formula is C4H2ClN3O2. The predicted octanol–water partition coefficient (Wildman–Crippen LogP) is 1.04. The van der Waals surface area contributed by atoms with E-state index in [-0.39, 0.29) is 11.0 Å². The lowest BCUT2D eigenvalue weighted by atomic mass is 10.6. The van der Waals surface area contributed by atoms with Crippen LogP contribution in [0.5, 0.6) is 0 Å². The van der Waals surface area contributed by atoms with Crippen LogP contribution in [0.1, 0.15) is 0 Å². The van der Waals surface area contributed by atoms with Crippen molar-refractivity contribution in [1.29, 1.82) is 0 Å². The average Bonchev–Trinajstić information content (AvgIpc) is 1.88. The molecule has 0 saturated carbocycles. The topological polar surface area (TPSA) is 68.9 Å². The first-order chi connectivity index (χ1) is 4.70. The van der Waals surface area contributed by atoms with Gasteiger partial charge < -0.3 is 10.1 Å². The zero-order valence-electron chi connectivity index (χ0n) is 4.69. The molecule has 0 saturated heterocycles. The van der Waals surface area contributed by atoms with E-state index < -0.39 is 4.92 Å². The van der Waals surface area contributed by atoms with Gasteiger partial charge in [-0.15, -0.1) is 0 Å². The zero-order valence-corrected chi connectivity index (χ0v) is 5.45. The average molecular weight is 160 g/mol. The van der Waals surface area contributed by atoms with Gasteiger partial charge in [0.1, 0.15) is 5.15 Å². The van der Waals surface area contributed by atoms with Crippen LogP contribution in [0.2, 0.25) is 5.15 Å². The third kappa shape index (κ3) is 1.38. The fourth-order valence-electron chi connectivity index (χ4n) is 0.424. The molecule has 0 radical (unpaired) electrons. The summed E-state index contributed by atoms with van der Waals surface area (Å²) in [7, 11) is 0. The van der Waals surface area contributed by atoms with Crippen molar-refractivity contribution in [1.82, 2.24) is 9.97 Å². The van der Waals surface area contributed by atoms with Crippen molar-refractivity contribution < 1.29 is 4.92 Å². The molecule has 0 bridgehead atoms. The maximum atomic E-state index is 10.0. The second-order valence-corrected chi connectivity index (χ2v) is 1.84. The Balaban J connectivity index is 3.07. The van der Waals surface area contributed by atoms with Crippen molar-refractivity contribution in [2.75, 3.05) is 0 Å². The molecule has 0 N–H and O–H groups in total. The Morgan fingerprint density at radius 2 is 2.30 bits per heavy atom. The van der Waals surface area contributed by atoms with Crippen LogP contribution < -0.4 is 0 Å². The molecule has 0 aliphatic heterocycles. The quantitative estimate of drug-likeness (QED) is 0.349. The van der Waals surface area contributed by atoms with Crippen molar-refractivity contribution in [2.24, 2.45) is 0 Å². The number of hydrogen-bond acceptors (Lipinski definition) is 4. The van der Waals surface area contributed by atoms with E-state index in [9.17, 15) is 10.1 Å². The second kappa shape index (κ2) is 2.57. The molecule has 1 aromatic heterocycles. The van der Waals surface area contributed by atoms with Gasteiger partial charge in [-0.2, -0.15) is 0 Å². The highest BCUT2D eigenvalue weighted by molar-refractivity contribution is 6.29. The van der Waals surface area contributed by atoms with Crippen molar-refractivity contribution in [3.8, 4) is 0 Å². The lowest BCUT2D eigenvalue weighted by Crippen LogP contribution is -1.91. The van der Waals surface area contributed by atoms with Crippen molar-refractivity contribution in [2.45, 2.75) is 0 Å². The van der Waals surface area contributed by atoms with Gasteiger partial charge >= 0.3 is 5.82 Å². The number of nitro groups is 1. The van der Waals surface area contributed by atoms with E-state index in [2.05, 4.69) is 9.97 Å². The maximum absolute atomic E-state index is 10.0. The van der Waals surface area contributed by atoms with Crippen LogP contribution >= 0.6 is 11.6 Å². The van der Waals surface area contributed by atoms with Gasteiger partial charge in [-0.25, -0.2) is 4.98 Å². The van der Waals surface area contributed by atoms with Gasteiger partial charge in [0.2, 0.25) is 6.33 Å². The number of nitrogens with zero attached hydrogens (tertiary/aromatic N) is 3. The number of hydrogen-bond donors (Lipinski definition) is 0. The van der Waals surface area contributed by atoms with Crippen LogP contribution in [0.4, 0.5) is 5.82 Å². The van der Waals surface area contributed by atoms with Gasteiger partial charge in [0.15, 0.2) is 0 Å². The Labute approximate surface area is 60.8 Å². The van der Waals surface area contributed by atoms with Crippen molar-refractivity contribution >= 4 is 17.4 Å². The lowest BCUT2D eigenvalue weighted by molar-refractivity contribution is -0.389. The Kier molecular flexibility index (Phi) is 1.77. The summed E-state index contributed by atoms with van der Waals surface area (Å²) in [6.07, 6.45) is 1.04. The van der Waals surface area contributed by atoms with Crippen LogP contribution in [0.3, 0.4) is 0 Å². The molecule has 1 aromatic rings. The summed E-state index contributed by atoms with van der Waals surface area (Å²) in [6.45, 7) is 0. The SMILES string of the molecule is O=[N+]([O-])c1cc(Cl)ncn1. The van der Waals surface area contributed by atoms with E-state index in [0.29, 0.717) is 0 Å². The second-order valence-electron chi connectivity index (χ2n) is 1.46. The van der Waals surface area contributed by atoms with Gasteiger partial charge in [0.05, 0.1) is 6.07 Å². The minimum Gasteiger partial charge on any atom is -0.358 e. The third-order valence-electron chi connectivity index (χ3n) is 0.806. The lowest BCUT2D eigenvalue weighted by Gasteiger charge is -1.88. The summed E-state index contributed by atoms with van der Waals surface area (Å²) >= 11 is 5.33. The van der Waals surface area contributed by atoms with Gasteiger partial charge in [-0.05, 0) is 9.91 Å². The van der Waals surface area contributed by atoms with Gasteiger partial charge in [0.25, 0.3) is 0 Å². The van der Waals surface area contributed by atoms with Gasteiger partial charge in [-0.3, -0.25) is 0 Å². The van der Waals surface area contributed by atoms with Crippen molar-refractivity contribution in [3.63, 3.8) is 0 Å². The first-order valence-electron chi connectivity index (χ1n) is 2.32. The highest BCUT2D eigenvalue weighted by Gasteiger charge is 2.05. The Bertz CT molecular complexity index is 264. The van der Waals surface area contributed by atoms with E-state index in [1.807, 2.05) is 0 Å². The molecule has 1 heterocycles. The first kappa shape index (κ1) is 6.88. The molecule has 0 fully saturated rings. The smallest absolute Gasteiger partial charge is 0.358 e. The molecule has 0 aliphatic rings. The molecule has 0 aliphatic carbocycles. The van der Waals surface area contributed by atoms with E-state index in [4.69, 9.17) is 11.6 Å². The summed E-state index contributed by atoms with van der Waals surface area (Å²) in [5.41, 5.74) is 0. The minimum absolute atomic E-state index is 0.0710. The van der Waals surface area contributed by atoms with Gasteiger partial charge in [-0.1, -0.05) is 11.6 Å². The molecule has 5 nitrogen and oxygen atoms in total. The molecule has 52 valence electrons. The predicted molar refractivity (Wildman–Crippen MR) is 33.7 cm³/mol. The van der Waals surface area contributed by atoms with E-state index in [1.165, 1.54) is 0 Å². The number of aromatic nitrogens is 2. The molecule has 6 heteroatoms. The molecule has 0 unspecified atom stereocenters. The van der Waals surface area contributed by atoms with E-state index >= 15 is 0 Å². The third-order valence-corrected chi connectivity index (χ3v) is 1.01. The maximum Gasteiger partial charge on any atom is 0.368 e. The molecule has 10 heavy (non-hydrogen) atoms. The van der Waals surface area contributed by atoms with E-state index in [1.54, 1.807) is 0 Å². The van der Waals surface area contributed by atoms with Gasteiger partial charge in [0, 0.05) is 0 Å². The fraction of sp³-hybridized carbons (Fsp3) is 0.